The predicted octanol–water partition coefficient (Wildman–Crippen LogP) is 0.736. The summed E-state index contributed by atoms with van der Waals surface area (Å²) in [6.45, 7) is 0. The molecule has 1 aromatic rings. The number of hydrogen-bond acceptors (Lipinski definition) is 4. The van der Waals surface area contributed by atoms with Gasteiger partial charge in [-0.15, -0.1) is 11.3 Å². The minimum atomic E-state index is -0.783. The Labute approximate surface area is 90.1 Å². The number of amides is 1. The van der Waals surface area contributed by atoms with E-state index in [1.807, 2.05) is 0 Å². The summed E-state index contributed by atoms with van der Waals surface area (Å²) in [5, 5.41) is 13.1. The van der Waals surface area contributed by atoms with Crippen LogP contribution in [-0.4, -0.2) is 28.0 Å². The third kappa shape index (κ3) is 2.15. The highest BCUT2D eigenvalue weighted by Crippen LogP contribution is 2.27. The minimum Gasteiger partial charge on any atom is -0.481 e. The van der Waals surface area contributed by atoms with Gasteiger partial charge < -0.3 is 10.4 Å². The van der Waals surface area contributed by atoms with Crippen molar-refractivity contribution in [1.29, 1.82) is 0 Å². The Balaban J connectivity index is 1.81. The number of carboxylic acids is 1. The van der Waals surface area contributed by atoms with Crippen molar-refractivity contribution in [2.75, 3.05) is 0 Å². The van der Waals surface area contributed by atoms with E-state index in [2.05, 4.69) is 10.3 Å². The number of thiazole rings is 1. The van der Waals surface area contributed by atoms with Gasteiger partial charge in [0.25, 0.3) is 5.91 Å². The molecule has 0 aromatic carbocycles. The molecule has 80 valence electrons. The summed E-state index contributed by atoms with van der Waals surface area (Å²) < 4.78 is 0. The number of carbonyl (C=O) groups excluding carboxylic acids is 1. The minimum absolute atomic E-state index is 0.0136. The third-order valence-corrected chi connectivity index (χ3v) is 3.07. The lowest BCUT2D eigenvalue weighted by molar-refractivity contribution is -0.145. The first-order chi connectivity index (χ1) is 7.16. The highest BCUT2D eigenvalue weighted by atomic mass is 32.1. The van der Waals surface area contributed by atoms with Crippen LogP contribution < -0.4 is 5.32 Å². The molecule has 1 fully saturated rings. The largest absolute Gasteiger partial charge is 0.481 e. The maximum Gasteiger partial charge on any atom is 0.306 e. The zero-order chi connectivity index (χ0) is 10.8. The van der Waals surface area contributed by atoms with Crippen molar-refractivity contribution >= 4 is 23.2 Å². The normalized spacial score (nSPS) is 24.3. The maximum atomic E-state index is 11.5. The van der Waals surface area contributed by atoms with Gasteiger partial charge in [0.15, 0.2) is 0 Å². The SMILES string of the molecule is O=C(NC1CC(C(=O)O)C1)c1cscn1. The van der Waals surface area contributed by atoms with Gasteiger partial charge in [-0.05, 0) is 12.8 Å². The monoisotopic (exact) mass is 226 g/mol. The van der Waals surface area contributed by atoms with E-state index >= 15 is 0 Å². The van der Waals surface area contributed by atoms with Crippen LogP contribution in [0, 0.1) is 5.92 Å². The first kappa shape index (κ1) is 10.1. The van der Waals surface area contributed by atoms with Crippen molar-refractivity contribution < 1.29 is 14.7 Å². The second kappa shape index (κ2) is 3.98. The molecule has 1 heterocycles. The van der Waals surface area contributed by atoms with E-state index in [0.29, 0.717) is 18.5 Å². The lowest BCUT2D eigenvalue weighted by Gasteiger charge is -2.32. The number of hydrogen-bond donors (Lipinski definition) is 2. The van der Waals surface area contributed by atoms with E-state index < -0.39 is 5.97 Å². The fourth-order valence-electron chi connectivity index (χ4n) is 1.52. The molecule has 0 unspecified atom stereocenters. The first-order valence-corrected chi connectivity index (χ1v) is 5.53. The molecular formula is C9H10N2O3S. The van der Waals surface area contributed by atoms with E-state index in [1.165, 1.54) is 11.3 Å². The van der Waals surface area contributed by atoms with Gasteiger partial charge in [-0.3, -0.25) is 9.59 Å². The van der Waals surface area contributed by atoms with Crippen LogP contribution >= 0.6 is 11.3 Å². The molecule has 2 N–H and O–H groups in total. The standard InChI is InChI=1S/C9H10N2O3S/c12-8(7-3-15-4-10-7)11-6-1-5(2-6)9(13)14/h3-6H,1-2H2,(H,11,12)(H,13,14). The molecule has 1 aliphatic rings. The van der Waals surface area contributed by atoms with Crippen molar-refractivity contribution in [3.05, 3.63) is 16.6 Å². The van der Waals surface area contributed by atoms with Crippen molar-refractivity contribution in [3.63, 3.8) is 0 Å². The highest BCUT2D eigenvalue weighted by Gasteiger charge is 2.35. The molecule has 0 aliphatic heterocycles. The first-order valence-electron chi connectivity index (χ1n) is 4.58. The van der Waals surface area contributed by atoms with E-state index in [9.17, 15) is 9.59 Å². The van der Waals surface area contributed by atoms with E-state index in [-0.39, 0.29) is 17.9 Å². The topological polar surface area (TPSA) is 79.3 Å². The molecule has 6 heteroatoms. The number of aliphatic carboxylic acids is 1. The van der Waals surface area contributed by atoms with Gasteiger partial charge in [0, 0.05) is 11.4 Å². The summed E-state index contributed by atoms with van der Waals surface area (Å²) in [4.78, 5) is 25.9. The predicted molar refractivity (Wildman–Crippen MR) is 53.7 cm³/mol. The van der Waals surface area contributed by atoms with Crippen LogP contribution in [0.15, 0.2) is 10.9 Å². The van der Waals surface area contributed by atoms with Gasteiger partial charge in [-0.25, -0.2) is 4.98 Å². The molecule has 0 atom stereocenters. The summed E-state index contributed by atoms with van der Waals surface area (Å²) in [5.41, 5.74) is 1.99. The van der Waals surface area contributed by atoms with Crippen molar-refractivity contribution in [2.24, 2.45) is 5.92 Å². The maximum absolute atomic E-state index is 11.5. The Bertz CT molecular complexity index is 371. The summed E-state index contributed by atoms with van der Waals surface area (Å²) in [6, 6.07) is -0.0136. The lowest BCUT2D eigenvalue weighted by Crippen LogP contribution is -2.46. The average Bonchev–Trinajstić information content (AvgIpc) is 2.61. The van der Waals surface area contributed by atoms with E-state index in [4.69, 9.17) is 5.11 Å². The van der Waals surface area contributed by atoms with Crippen molar-refractivity contribution in [3.8, 4) is 0 Å². The quantitative estimate of drug-likeness (QED) is 0.796. The number of carbonyl (C=O) groups is 2. The summed E-state index contributed by atoms with van der Waals surface area (Å²) >= 11 is 1.36. The number of aromatic nitrogens is 1. The molecule has 0 spiro atoms. The Morgan fingerprint density at radius 3 is 2.80 bits per heavy atom. The molecule has 0 bridgehead atoms. The zero-order valence-electron chi connectivity index (χ0n) is 7.84. The van der Waals surface area contributed by atoms with E-state index in [0.717, 1.165) is 0 Å². The molecular weight excluding hydrogens is 216 g/mol. The zero-order valence-corrected chi connectivity index (χ0v) is 8.66. The number of rotatable bonds is 3. The molecule has 0 saturated heterocycles. The van der Waals surface area contributed by atoms with Crippen LogP contribution in [0.25, 0.3) is 0 Å². The lowest BCUT2D eigenvalue weighted by atomic mass is 9.80. The third-order valence-electron chi connectivity index (χ3n) is 2.49. The molecule has 1 saturated carbocycles. The van der Waals surface area contributed by atoms with Gasteiger partial charge in [0.2, 0.25) is 0 Å². The molecule has 1 aliphatic carbocycles. The molecule has 0 radical (unpaired) electrons. The highest BCUT2D eigenvalue weighted by molar-refractivity contribution is 7.07. The van der Waals surface area contributed by atoms with Crippen LogP contribution in [0.3, 0.4) is 0 Å². The molecule has 5 nitrogen and oxygen atoms in total. The van der Waals surface area contributed by atoms with Gasteiger partial charge in [-0.1, -0.05) is 0 Å². The number of carboxylic acid groups (broad SMARTS) is 1. The van der Waals surface area contributed by atoms with Gasteiger partial charge in [0.05, 0.1) is 11.4 Å². The summed E-state index contributed by atoms with van der Waals surface area (Å²) in [7, 11) is 0. The molecule has 15 heavy (non-hydrogen) atoms. The van der Waals surface area contributed by atoms with Crippen LogP contribution in [-0.2, 0) is 4.79 Å². The Morgan fingerprint density at radius 2 is 2.27 bits per heavy atom. The Morgan fingerprint density at radius 1 is 1.53 bits per heavy atom. The molecule has 1 amide bonds. The second-order valence-corrected chi connectivity index (χ2v) is 4.27. The van der Waals surface area contributed by atoms with Crippen LogP contribution in [0.4, 0.5) is 0 Å². The molecule has 1 aromatic heterocycles. The summed E-state index contributed by atoms with van der Waals surface area (Å²) in [6.07, 6.45) is 1.04. The van der Waals surface area contributed by atoms with Crippen LogP contribution in [0.2, 0.25) is 0 Å². The van der Waals surface area contributed by atoms with Gasteiger partial charge in [0.1, 0.15) is 5.69 Å². The average molecular weight is 226 g/mol. The van der Waals surface area contributed by atoms with Crippen LogP contribution in [0.1, 0.15) is 23.3 Å². The van der Waals surface area contributed by atoms with E-state index in [1.54, 1.807) is 10.9 Å². The van der Waals surface area contributed by atoms with Crippen molar-refractivity contribution in [1.82, 2.24) is 10.3 Å². The molecule has 2 rings (SSSR count). The van der Waals surface area contributed by atoms with Crippen molar-refractivity contribution in [2.45, 2.75) is 18.9 Å². The smallest absolute Gasteiger partial charge is 0.306 e. The number of nitrogens with one attached hydrogen (secondary N) is 1. The van der Waals surface area contributed by atoms with Crippen LogP contribution in [0.5, 0.6) is 0 Å². The summed E-state index contributed by atoms with van der Waals surface area (Å²) in [5.74, 6) is -1.30. The fourth-order valence-corrected chi connectivity index (χ4v) is 2.05. The van der Waals surface area contributed by atoms with Gasteiger partial charge >= 0.3 is 5.97 Å². The number of nitrogens with zero attached hydrogens (tertiary/aromatic N) is 1. The Hall–Kier alpha value is -1.43. The second-order valence-electron chi connectivity index (χ2n) is 3.55. The fraction of sp³-hybridized carbons (Fsp3) is 0.444. The van der Waals surface area contributed by atoms with Gasteiger partial charge in [-0.2, -0.15) is 0 Å². The Kier molecular flexibility index (Phi) is 2.68.